The molecule has 0 amide bonds. The molecule has 1 aromatic heterocycles. The zero-order chi connectivity index (χ0) is 13.0. The molecule has 0 saturated heterocycles. The van der Waals surface area contributed by atoms with Gasteiger partial charge < -0.3 is 10.6 Å². The SMILES string of the molecule is CN(CCN)Cc1c[nH]nc1-c1cccc(F)c1. The van der Waals surface area contributed by atoms with E-state index in [-0.39, 0.29) is 5.82 Å². The summed E-state index contributed by atoms with van der Waals surface area (Å²) in [6, 6.07) is 6.46. The first kappa shape index (κ1) is 12.7. The Hall–Kier alpha value is -1.72. The van der Waals surface area contributed by atoms with Crippen molar-refractivity contribution in [2.75, 3.05) is 20.1 Å². The first-order valence-corrected chi connectivity index (χ1v) is 5.88. The zero-order valence-corrected chi connectivity index (χ0v) is 10.4. The summed E-state index contributed by atoms with van der Waals surface area (Å²) in [5, 5.41) is 7.02. The van der Waals surface area contributed by atoms with Crippen LogP contribution in [-0.4, -0.2) is 35.2 Å². The number of likely N-dealkylation sites (N-methyl/N-ethyl adjacent to an activating group) is 1. The Balaban J connectivity index is 2.22. The standard InChI is InChI=1S/C13H17FN4/c1-18(6-5-15)9-11-8-16-17-13(11)10-3-2-4-12(14)7-10/h2-4,7-8H,5-6,9,15H2,1H3,(H,16,17). The third kappa shape index (κ3) is 2.94. The van der Waals surface area contributed by atoms with Gasteiger partial charge in [-0.05, 0) is 19.2 Å². The maximum absolute atomic E-state index is 13.2. The molecule has 2 rings (SSSR count). The number of nitrogens with one attached hydrogen (secondary N) is 1. The number of aromatic amines is 1. The first-order chi connectivity index (χ1) is 8.70. The average molecular weight is 248 g/mol. The van der Waals surface area contributed by atoms with Gasteiger partial charge in [-0.25, -0.2) is 4.39 Å². The molecule has 1 aromatic carbocycles. The topological polar surface area (TPSA) is 57.9 Å². The van der Waals surface area contributed by atoms with Gasteiger partial charge in [-0.3, -0.25) is 5.10 Å². The zero-order valence-electron chi connectivity index (χ0n) is 10.4. The Morgan fingerprint density at radius 2 is 2.28 bits per heavy atom. The number of nitrogens with zero attached hydrogens (tertiary/aromatic N) is 2. The molecule has 0 aliphatic carbocycles. The highest BCUT2D eigenvalue weighted by Gasteiger charge is 2.10. The van der Waals surface area contributed by atoms with E-state index in [0.29, 0.717) is 6.54 Å². The summed E-state index contributed by atoms with van der Waals surface area (Å²) in [6.45, 7) is 2.16. The second kappa shape index (κ2) is 5.75. The largest absolute Gasteiger partial charge is 0.329 e. The highest BCUT2D eigenvalue weighted by molar-refractivity contribution is 5.62. The van der Waals surface area contributed by atoms with Gasteiger partial charge in [0.1, 0.15) is 5.82 Å². The van der Waals surface area contributed by atoms with E-state index in [2.05, 4.69) is 15.1 Å². The minimum atomic E-state index is -0.253. The third-order valence-electron chi connectivity index (χ3n) is 2.77. The molecule has 0 unspecified atom stereocenters. The maximum Gasteiger partial charge on any atom is 0.123 e. The van der Waals surface area contributed by atoms with Crippen LogP contribution in [0.4, 0.5) is 4.39 Å². The van der Waals surface area contributed by atoms with E-state index in [1.807, 2.05) is 19.3 Å². The van der Waals surface area contributed by atoms with Crippen LogP contribution in [0.3, 0.4) is 0 Å². The van der Waals surface area contributed by atoms with Crippen molar-refractivity contribution in [2.45, 2.75) is 6.54 Å². The van der Waals surface area contributed by atoms with Gasteiger partial charge in [-0.1, -0.05) is 12.1 Å². The van der Waals surface area contributed by atoms with Crippen LogP contribution in [0.2, 0.25) is 0 Å². The van der Waals surface area contributed by atoms with Crippen LogP contribution in [0, 0.1) is 5.82 Å². The molecule has 0 radical (unpaired) electrons. The van der Waals surface area contributed by atoms with Crippen LogP contribution in [0.1, 0.15) is 5.56 Å². The maximum atomic E-state index is 13.2. The molecule has 0 fully saturated rings. The van der Waals surface area contributed by atoms with Crippen LogP contribution in [0.15, 0.2) is 30.5 Å². The monoisotopic (exact) mass is 248 g/mol. The number of hydrogen-bond donors (Lipinski definition) is 2. The predicted octanol–water partition coefficient (Wildman–Crippen LogP) is 1.61. The smallest absolute Gasteiger partial charge is 0.123 e. The fourth-order valence-corrected chi connectivity index (χ4v) is 1.91. The number of rotatable bonds is 5. The Bertz CT molecular complexity index is 509. The van der Waals surface area contributed by atoms with Gasteiger partial charge in [-0.2, -0.15) is 5.10 Å². The van der Waals surface area contributed by atoms with Crippen LogP contribution < -0.4 is 5.73 Å². The summed E-state index contributed by atoms with van der Waals surface area (Å²) >= 11 is 0. The molecule has 96 valence electrons. The molecule has 18 heavy (non-hydrogen) atoms. The van der Waals surface area contributed by atoms with Crippen LogP contribution >= 0.6 is 0 Å². The van der Waals surface area contributed by atoms with Crippen molar-refractivity contribution >= 4 is 0 Å². The van der Waals surface area contributed by atoms with Crippen LogP contribution in [0.25, 0.3) is 11.3 Å². The van der Waals surface area contributed by atoms with Crippen LogP contribution in [-0.2, 0) is 6.54 Å². The summed E-state index contributed by atoms with van der Waals surface area (Å²) in [5.41, 5.74) is 8.13. The van der Waals surface area contributed by atoms with Gasteiger partial charge in [-0.15, -0.1) is 0 Å². The second-order valence-electron chi connectivity index (χ2n) is 4.30. The summed E-state index contributed by atoms with van der Waals surface area (Å²) in [6.07, 6.45) is 1.84. The van der Waals surface area contributed by atoms with E-state index < -0.39 is 0 Å². The van der Waals surface area contributed by atoms with Crippen LogP contribution in [0.5, 0.6) is 0 Å². The van der Waals surface area contributed by atoms with Gasteiger partial charge in [0, 0.05) is 37.0 Å². The van der Waals surface area contributed by atoms with E-state index in [1.165, 1.54) is 12.1 Å². The molecule has 0 aliphatic rings. The van der Waals surface area contributed by atoms with E-state index >= 15 is 0 Å². The second-order valence-corrected chi connectivity index (χ2v) is 4.30. The Morgan fingerprint density at radius 1 is 1.44 bits per heavy atom. The van der Waals surface area contributed by atoms with Gasteiger partial charge in [0.15, 0.2) is 0 Å². The molecular formula is C13H17FN4. The molecule has 0 atom stereocenters. The number of aromatic nitrogens is 2. The lowest BCUT2D eigenvalue weighted by Gasteiger charge is -2.14. The third-order valence-corrected chi connectivity index (χ3v) is 2.77. The number of halogens is 1. The molecular weight excluding hydrogens is 231 g/mol. The highest BCUT2D eigenvalue weighted by Crippen LogP contribution is 2.22. The van der Waals surface area contributed by atoms with Crippen molar-refractivity contribution in [3.63, 3.8) is 0 Å². The molecule has 0 spiro atoms. The first-order valence-electron chi connectivity index (χ1n) is 5.88. The number of hydrogen-bond acceptors (Lipinski definition) is 3. The minimum absolute atomic E-state index is 0.253. The van der Waals surface area contributed by atoms with E-state index in [9.17, 15) is 4.39 Å². The molecule has 0 bridgehead atoms. The van der Waals surface area contributed by atoms with Crippen molar-refractivity contribution in [1.82, 2.24) is 15.1 Å². The molecule has 1 heterocycles. The number of nitrogens with two attached hydrogens (primary N) is 1. The average Bonchev–Trinajstić information content (AvgIpc) is 2.77. The van der Waals surface area contributed by atoms with E-state index in [4.69, 9.17) is 5.73 Å². The van der Waals surface area contributed by atoms with Gasteiger partial charge in [0.25, 0.3) is 0 Å². The lowest BCUT2D eigenvalue weighted by Crippen LogP contribution is -2.25. The minimum Gasteiger partial charge on any atom is -0.329 e. The fraction of sp³-hybridized carbons (Fsp3) is 0.308. The number of benzene rings is 1. The Morgan fingerprint density at radius 3 is 3.00 bits per heavy atom. The van der Waals surface area contributed by atoms with Gasteiger partial charge >= 0.3 is 0 Å². The normalized spacial score (nSPS) is 11.1. The Kier molecular flexibility index (Phi) is 4.07. The predicted molar refractivity (Wildman–Crippen MR) is 69.4 cm³/mol. The molecule has 3 N–H and O–H groups in total. The summed E-state index contributed by atoms with van der Waals surface area (Å²) < 4.78 is 13.2. The van der Waals surface area contributed by atoms with Crippen molar-refractivity contribution in [2.24, 2.45) is 5.73 Å². The summed E-state index contributed by atoms with van der Waals surface area (Å²) in [7, 11) is 2.00. The fourth-order valence-electron chi connectivity index (χ4n) is 1.91. The van der Waals surface area contributed by atoms with E-state index in [1.54, 1.807) is 6.07 Å². The lowest BCUT2D eigenvalue weighted by molar-refractivity contribution is 0.337. The number of H-pyrrole nitrogens is 1. The molecule has 0 aliphatic heterocycles. The molecule has 5 heteroatoms. The van der Waals surface area contributed by atoms with Crippen molar-refractivity contribution < 1.29 is 4.39 Å². The van der Waals surface area contributed by atoms with Gasteiger partial charge in [0.05, 0.1) is 5.69 Å². The van der Waals surface area contributed by atoms with Crippen molar-refractivity contribution in [3.8, 4) is 11.3 Å². The van der Waals surface area contributed by atoms with Crippen molar-refractivity contribution in [3.05, 3.63) is 41.8 Å². The Labute approximate surface area is 106 Å². The quantitative estimate of drug-likeness (QED) is 0.845. The van der Waals surface area contributed by atoms with E-state index in [0.717, 1.165) is 29.9 Å². The highest BCUT2D eigenvalue weighted by atomic mass is 19.1. The molecule has 4 nitrogen and oxygen atoms in total. The lowest BCUT2D eigenvalue weighted by atomic mass is 10.1. The summed E-state index contributed by atoms with van der Waals surface area (Å²) in [5.74, 6) is -0.253. The summed E-state index contributed by atoms with van der Waals surface area (Å²) in [4.78, 5) is 2.10. The van der Waals surface area contributed by atoms with Gasteiger partial charge in [0.2, 0.25) is 0 Å². The van der Waals surface area contributed by atoms with Crippen molar-refractivity contribution in [1.29, 1.82) is 0 Å². The molecule has 0 saturated carbocycles. The molecule has 2 aromatic rings.